The Labute approximate surface area is 219 Å². The zero-order valence-electron chi connectivity index (χ0n) is 21.5. The SMILES string of the molecule is CCC(=O)Nc1ccc(N2C(=S)N[C@H](c3ccccn3)[C@@H]2c2cc(C)n(C3CCCC3)c2C)cc1C. The van der Waals surface area contributed by atoms with E-state index in [-0.39, 0.29) is 18.0 Å². The molecule has 2 atom stereocenters. The van der Waals surface area contributed by atoms with E-state index >= 15 is 0 Å². The third-order valence-corrected chi connectivity index (χ3v) is 8.03. The third kappa shape index (κ3) is 4.41. The summed E-state index contributed by atoms with van der Waals surface area (Å²) in [7, 11) is 0. The maximum Gasteiger partial charge on any atom is 0.224 e. The van der Waals surface area contributed by atoms with Gasteiger partial charge in [-0.2, -0.15) is 0 Å². The van der Waals surface area contributed by atoms with E-state index in [0.29, 0.717) is 17.6 Å². The second-order valence-electron chi connectivity index (χ2n) is 10.0. The van der Waals surface area contributed by atoms with Crippen LogP contribution >= 0.6 is 12.2 Å². The third-order valence-electron chi connectivity index (χ3n) is 7.71. The van der Waals surface area contributed by atoms with Crippen molar-refractivity contribution in [2.24, 2.45) is 0 Å². The number of thiocarbonyl (C=S) groups is 1. The van der Waals surface area contributed by atoms with Gasteiger partial charge in [0.15, 0.2) is 5.11 Å². The van der Waals surface area contributed by atoms with Crippen molar-refractivity contribution >= 4 is 34.6 Å². The molecular formula is C29H35N5OS. The second kappa shape index (κ2) is 10.1. The molecule has 2 N–H and O–H groups in total. The topological polar surface area (TPSA) is 62.2 Å². The number of amides is 1. The highest BCUT2D eigenvalue weighted by Gasteiger charge is 2.42. The van der Waals surface area contributed by atoms with E-state index in [4.69, 9.17) is 17.2 Å². The molecule has 188 valence electrons. The van der Waals surface area contributed by atoms with E-state index < -0.39 is 0 Å². The molecule has 3 heterocycles. The van der Waals surface area contributed by atoms with Crippen molar-refractivity contribution in [2.45, 2.75) is 77.9 Å². The van der Waals surface area contributed by atoms with Gasteiger partial charge in [-0.1, -0.05) is 25.8 Å². The summed E-state index contributed by atoms with van der Waals surface area (Å²) in [6.07, 6.45) is 7.38. The van der Waals surface area contributed by atoms with Crippen LogP contribution in [0.5, 0.6) is 0 Å². The number of aromatic nitrogens is 2. The predicted octanol–water partition coefficient (Wildman–Crippen LogP) is 6.45. The standard InChI is InChI=1S/C29H35N5OS/c1-5-26(35)31-24-14-13-22(16-18(24)2)34-28(27(32-29(34)36)25-12-8-9-15-30-25)23-17-19(3)33(20(23)4)21-10-6-7-11-21/h8-9,12-17,21,27-28H,5-7,10-11H2,1-4H3,(H,31,35)(H,32,36)/t27-,28+/m1/s1. The van der Waals surface area contributed by atoms with E-state index in [0.717, 1.165) is 22.6 Å². The second-order valence-corrected chi connectivity index (χ2v) is 10.4. The number of nitrogens with one attached hydrogen (secondary N) is 2. The van der Waals surface area contributed by atoms with Crippen LogP contribution < -0.4 is 15.5 Å². The molecular weight excluding hydrogens is 466 g/mol. The first-order chi connectivity index (χ1) is 17.4. The van der Waals surface area contributed by atoms with Crippen LogP contribution in [0.1, 0.15) is 85.4 Å². The zero-order chi connectivity index (χ0) is 25.4. The van der Waals surface area contributed by atoms with Gasteiger partial charge in [-0.25, -0.2) is 0 Å². The lowest BCUT2D eigenvalue weighted by atomic mass is 9.96. The summed E-state index contributed by atoms with van der Waals surface area (Å²) in [5.74, 6) is 0.0108. The highest BCUT2D eigenvalue weighted by molar-refractivity contribution is 7.80. The molecule has 3 aromatic rings. The van der Waals surface area contributed by atoms with Gasteiger partial charge in [0.1, 0.15) is 0 Å². The van der Waals surface area contributed by atoms with Crippen LogP contribution in [-0.4, -0.2) is 20.6 Å². The van der Waals surface area contributed by atoms with Gasteiger partial charge in [0, 0.05) is 41.4 Å². The summed E-state index contributed by atoms with van der Waals surface area (Å²) in [5.41, 5.74) is 7.72. The Hall–Kier alpha value is -3.19. The maximum atomic E-state index is 12.0. The first kappa shape index (κ1) is 24.5. The summed E-state index contributed by atoms with van der Waals surface area (Å²) in [6, 6.07) is 15.0. The number of carbonyl (C=O) groups excluding carboxylic acids is 1. The average molecular weight is 502 g/mol. The minimum atomic E-state index is -0.0731. The molecule has 2 fully saturated rings. The molecule has 1 aromatic carbocycles. The first-order valence-electron chi connectivity index (χ1n) is 13.0. The lowest BCUT2D eigenvalue weighted by Gasteiger charge is -2.29. The Kier molecular flexibility index (Phi) is 6.84. The van der Waals surface area contributed by atoms with Crippen LogP contribution in [0, 0.1) is 20.8 Å². The van der Waals surface area contributed by atoms with Gasteiger partial charge >= 0.3 is 0 Å². The van der Waals surface area contributed by atoms with Crippen molar-refractivity contribution < 1.29 is 4.79 Å². The van der Waals surface area contributed by atoms with Gasteiger partial charge in [-0.3, -0.25) is 9.78 Å². The van der Waals surface area contributed by atoms with Gasteiger partial charge in [0.05, 0.1) is 17.8 Å². The summed E-state index contributed by atoms with van der Waals surface area (Å²) in [5, 5.41) is 7.27. The van der Waals surface area contributed by atoms with Crippen LogP contribution in [0.2, 0.25) is 0 Å². The Morgan fingerprint density at radius 1 is 1.14 bits per heavy atom. The van der Waals surface area contributed by atoms with Gasteiger partial charge in [0.2, 0.25) is 5.91 Å². The Morgan fingerprint density at radius 2 is 1.92 bits per heavy atom. The lowest BCUT2D eigenvalue weighted by Crippen LogP contribution is -2.29. The molecule has 0 bridgehead atoms. The normalized spacial score (nSPS) is 20.1. The van der Waals surface area contributed by atoms with E-state index in [1.807, 2.05) is 38.2 Å². The smallest absolute Gasteiger partial charge is 0.224 e. The fraction of sp³-hybridized carbons (Fsp3) is 0.414. The van der Waals surface area contributed by atoms with Gasteiger partial charge in [-0.15, -0.1) is 0 Å². The molecule has 6 nitrogen and oxygen atoms in total. The number of carbonyl (C=O) groups is 1. The molecule has 2 aliphatic rings. The average Bonchev–Trinajstić information content (AvgIpc) is 3.58. The van der Waals surface area contributed by atoms with Crippen molar-refractivity contribution in [3.05, 3.63) is 76.9 Å². The minimum Gasteiger partial charge on any atom is -0.351 e. The number of nitrogens with zero attached hydrogens (tertiary/aromatic N) is 3. The largest absolute Gasteiger partial charge is 0.351 e. The van der Waals surface area contributed by atoms with Crippen LogP contribution in [0.4, 0.5) is 11.4 Å². The molecule has 0 radical (unpaired) electrons. The van der Waals surface area contributed by atoms with Crippen LogP contribution in [0.3, 0.4) is 0 Å². The molecule has 7 heteroatoms. The minimum absolute atomic E-state index is 0.0108. The maximum absolute atomic E-state index is 12.0. The van der Waals surface area contributed by atoms with Crippen molar-refractivity contribution in [3.63, 3.8) is 0 Å². The molecule has 0 spiro atoms. The van der Waals surface area contributed by atoms with Crippen molar-refractivity contribution in [1.29, 1.82) is 0 Å². The fourth-order valence-electron chi connectivity index (χ4n) is 5.95. The van der Waals surface area contributed by atoms with Crippen LogP contribution in [0.25, 0.3) is 0 Å². The summed E-state index contributed by atoms with van der Waals surface area (Å²) in [6.45, 7) is 8.37. The number of rotatable bonds is 6. The Bertz CT molecular complexity index is 1280. The number of aryl methyl sites for hydroxylation is 2. The summed E-state index contributed by atoms with van der Waals surface area (Å²) >= 11 is 5.94. The molecule has 1 aliphatic heterocycles. The Morgan fingerprint density at radius 3 is 2.58 bits per heavy atom. The van der Waals surface area contributed by atoms with Crippen LogP contribution in [0.15, 0.2) is 48.7 Å². The fourth-order valence-corrected chi connectivity index (χ4v) is 6.30. The van der Waals surface area contributed by atoms with Crippen molar-refractivity contribution in [3.8, 4) is 0 Å². The van der Waals surface area contributed by atoms with Gasteiger partial charge in [0.25, 0.3) is 0 Å². The molecule has 1 amide bonds. The predicted molar refractivity (Wildman–Crippen MR) is 149 cm³/mol. The van der Waals surface area contributed by atoms with E-state index in [1.54, 1.807) is 0 Å². The molecule has 2 aromatic heterocycles. The zero-order valence-corrected chi connectivity index (χ0v) is 22.4. The molecule has 1 saturated heterocycles. The quantitative estimate of drug-likeness (QED) is 0.380. The lowest BCUT2D eigenvalue weighted by molar-refractivity contribution is -0.115. The van der Waals surface area contributed by atoms with E-state index in [2.05, 4.69) is 58.2 Å². The summed E-state index contributed by atoms with van der Waals surface area (Å²) < 4.78 is 2.55. The molecule has 1 aliphatic carbocycles. The highest BCUT2D eigenvalue weighted by atomic mass is 32.1. The van der Waals surface area contributed by atoms with Crippen LogP contribution in [-0.2, 0) is 4.79 Å². The first-order valence-corrected chi connectivity index (χ1v) is 13.4. The van der Waals surface area contributed by atoms with Gasteiger partial charge in [-0.05, 0) is 93.4 Å². The van der Waals surface area contributed by atoms with Crippen molar-refractivity contribution in [2.75, 3.05) is 10.2 Å². The summed E-state index contributed by atoms with van der Waals surface area (Å²) in [4.78, 5) is 18.9. The number of anilines is 2. The monoisotopic (exact) mass is 501 g/mol. The molecule has 0 unspecified atom stereocenters. The van der Waals surface area contributed by atoms with E-state index in [1.165, 1.54) is 42.6 Å². The number of hydrogen-bond acceptors (Lipinski definition) is 3. The number of pyridine rings is 1. The van der Waals surface area contributed by atoms with Crippen molar-refractivity contribution in [1.82, 2.24) is 14.9 Å². The number of benzene rings is 1. The number of hydrogen-bond donors (Lipinski definition) is 2. The van der Waals surface area contributed by atoms with E-state index in [9.17, 15) is 4.79 Å². The Balaban J connectivity index is 1.60. The highest BCUT2D eigenvalue weighted by Crippen LogP contribution is 2.45. The van der Waals surface area contributed by atoms with Gasteiger partial charge < -0.3 is 20.1 Å². The molecule has 1 saturated carbocycles. The molecule has 36 heavy (non-hydrogen) atoms. The molecule has 5 rings (SSSR count).